The number of hydrogen-bond acceptors (Lipinski definition) is 7. The van der Waals surface area contributed by atoms with Crippen molar-refractivity contribution in [1.82, 2.24) is 0 Å². The number of nitrogens with zero attached hydrogens (tertiary/aromatic N) is 2. The van der Waals surface area contributed by atoms with Crippen LogP contribution in [0.2, 0.25) is 5.02 Å². The van der Waals surface area contributed by atoms with E-state index in [-0.39, 0.29) is 40.1 Å². The highest BCUT2D eigenvalue weighted by Gasteiger charge is 2.19. The van der Waals surface area contributed by atoms with E-state index in [1.54, 1.807) is 13.0 Å². The maximum Gasteiger partial charge on any atom is 0.349 e. The maximum atomic E-state index is 12.0. The minimum absolute atomic E-state index is 0.0199. The molecule has 0 radical (unpaired) electrons. The average molecular weight is 377 g/mol. The number of halogens is 1. The molecular formula is C17H13ClN2O6. The Balaban J connectivity index is 2.14. The van der Waals surface area contributed by atoms with Gasteiger partial charge in [0.15, 0.2) is 23.9 Å². The third kappa shape index (κ3) is 4.62. The van der Waals surface area contributed by atoms with Gasteiger partial charge >= 0.3 is 11.7 Å². The standard InChI is InChI=1S/C17H13ClN2O6/c1-2-24-15-8-11(9-19)7-12(18)17(15)26-16(21)10-25-14-6-4-3-5-13(14)20(22)23/h3-8H,2,10H2,1H3. The Hall–Kier alpha value is -3.31. The summed E-state index contributed by atoms with van der Waals surface area (Å²) in [7, 11) is 0. The third-order valence-electron chi connectivity index (χ3n) is 3.06. The number of carbonyl (C=O) groups is 1. The molecule has 2 aromatic carbocycles. The predicted molar refractivity (Wildman–Crippen MR) is 91.6 cm³/mol. The molecule has 0 aliphatic carbocycles. The Morgan fingerprint density at radius 3 is 2.65 bits per heavy atom. The van der Waals surface area contributed by atoms with E-state index in [2.05, 4.69) is 0 Å². The molecule has 0 N–H and O–H groups in total. The molecular weight excluding hydrogens is 364 g/mol. The highest BCUT2D eigenvalue weighted by Crippen LogP contribution is 2.36. The lowest BCUT2D eigenvalue weighted by Gasteiger charge is -2.13. The molecule has 134 valence electrons. The van der Waals surface area contributed by atoms with Gasteiger partial charge in [-0.15, -0.1) is 0 Å². The topological polar surface area (TPSA) is 112 Å². The summed E-state index contributed by atoms with van der Waals surface area (Å²) in [5.74, 6) is -0.819. The number of benzene rings is 2. The number of esters is 1. The lowest BCUT2D eigenvalue weighted by atomic mass is 10.2. The van der Waals surface area contributed by atoms with Crippen LogP contribution in [-0.2, 0) is 4.79 Å². The highest BCUT2D eigenvalue weighted by molar-refractivity contribution is 6.32. The minimum Gasteiger partial charge on any atom is -0.490 e. The van der Waals surface area contributed by atoms with Crippen LogP contribution < -0.4 is 14.2 Å². The smallest absolute Gasteiger partial charge is 0.349 e. The third-order valence-corrected chi connectivity index (χ3v) is 3.34. The summed E-state index contributed by atoms with van der Waals surface area (Å²) in [4.78, 5) is 22.3. The van der Waals surface area contributed by atoms with Crippen LogP contribution in [-0.4, -0.2) is 24.1 Å². The molecule has 0 atom stereocenters. The zero-order chi connectivity index (χ0) is 19.1. The van der Waals surface area contributed by atoms with Gasteiger partial charge in [-0.1, -0.05) is 23.7 Å². The molecule has 0 saturated carbocycles. The van der Waals surface area contributed by atoms with E-state index in [1.165, 1.54) is 30.3 Å². The first kappa shape index (κ1) is 19.0. The van der Waals surface area contributed by atoms with Crippen LogP contribution in [0.1, 0.15) is 12.5 Å². The van der Waals surface area contributed by atoms with E-state index in [9.17, 15) is 14.9 Å². The first-order chi connectivity index (χ1) is 12.5. The van der Waals surface area contributed by atoms with Crippen molar-refractivity contribution in [2.75, 3.05) is 13.2 Å². The van der Waals surface area contributed by atoms with E-state index >= 15 is 0 Å². The second kappa shape index (κ2) is 8.69. The first-order valence-corrected chi connectivity index (χ1v) is 7.77. The summed E-state index contributed by atoms with van der Waals surface area (Å²) in [5.41, 5.74) is -0.0267. The zero-order valence-corrected chi connectivity index (χ0v) is 14.4. The number of nitriles is 1. The molecule has 0 aliphatic heterocycles. The number of hydrogen-bond donors (Lipinski definition) is 0. The van der Waals surface area contributed by atoms with Crippen molar-refractivity contribution < 1.29 is 23.9 Å². The molecule has 0 amide bonds. The van der Waals surface area contributed by atoms with Crippen molar-refractivity contribution in [3.8, 4) is 23.3 Å². The summed E-state index contributed by atoms with van der Waals surface area (Å²) in [6.45, 7) is 1.41. The van der Waals surface area contributed by atoms with Gasteiger partial charge in [-0.2, -0.15) is 5.26 Å². The molecule has 0 aromatic heterocycles. The van der Waals surface area contributed by atoms with Crippen LogP contribution in [0.5, 0.6) is 17.2 Å². The quantitative estimate of drug-likeness (QED) is 0.314. The number of nitro benzene ring substituents is 1. The highest BCUT2D eigenvalue weighted by atomic mass is 35.5. The van der Waals surface area contributed by atoms with Crippen molar-refractivity contribution in [2.45, 2.75) is 6.92 Å². The van der Waals surface area contributed by atoms with Gasteiger partial charge in [0, 0.05) is 12.1 Å². The van der Waals surface area contributed by atoms with Gasteiger partial charge in [-0.05, 0) is 19.1 Å². The van der Waals surface area contributed by atoms with Gasteiger partial charge in [0.25, 0.3) is 0 Å². The molecule has 0 heterocycles. The number of nitro groups is 1. The van der Waals surface area contributed by atoms with Gasteiger partial charge < -0.3 is 14.2 Å². The summed E-state index contributed by atoms with van der Waals surface area (Å²) in [5, 5.41) is 19.9. The van der Waals surface area contributed by atoms with Crippen molar-refractivity contribution in [3.05, 3.63) is 57.1 Å². The number of ether oxygens (including phenoxy) is 3. The van der Waals surface area contributed by atoms with Crippen LogP contribution in [0.3, 0.4) is 0 Å². The molecule has 2 rings (SSSR count). The molecule has 0 unspecified atom stereocenters. The molecule has 0 aliphatic rings. The van der Waals surface area contributed by atoms with Crippen LogP contribution >= 0.6 is 11.6 Å². The fraction of sp³-hybridized carbons (Fsp3) is 0.176. The molecule has 8 nitrogen and oxygen atoms in total. The van der Waals surface area contributed by atoms with E-state index in [4.69, 9.17) is 31.1 Å². The Bertz CT molecular complexity index is 878. The molecule has 0 saturated heterocycles. The molecule has 0 fully saturated rings. The summed E-state index contributed by atoms with van der Waals surface area (Å²) in [6, 6.07) is 10.3. The lowest BCUT2D eigenvalue weighted by Crippen LogP contribution is -2.18. The Labute approximate surface area is 153 Å². The minimum atomic E-state index is -0.837. The molecule has 2 aromatic rings. The second-order valence-corrected chi connectivity index (χ2v) is 5.22. The Morgan fingerprint density at radius 1 is 1.27 bits per heavy atom. The normalized spacial score (nSPS) is 9.88. The van der Waals surface area contributed by atoms with Gasteiger partial charge in [0.1, 0.15) is 0 Å². The van der Waals surface area contributed by atoms with E-state index < -0.39 is 17.5 Å². The van der Waals surface area contributed by atoms with E-state index in [1.807, 2.05) is 6.07 Å². The van der Waals surface area contributed by atoms with Crippen LogP contribution in [0.15, 0.2) is 36.4 Å². The number of rotatable bonds is 7. The molecule has 0 spiro atoms. The van der Waals surface area contributed by atoms with Crippen molar-refractivity contribution in [2.24, 2.45) is 0 Å². The van der Waals surface area contributed by atoms with Crippen LogP contribution in [0.4, 0.5) is 5.69 Å². The van der Waals surface area contributed by atoms with Crippen LogP contribution in [0, 0.1) is 21.4 Å². The predicted octanol–water partition coefficient (Wildman–Crippen LogP) is 3.50. The van der Waals surface area contributed by atoms with E-state index in [0.717, 1.165) is 0 Å². The number of carbonyl (C=O) groups excluding carboxylic acids is 1. The first-order valence-electron chi connectivity index (χ1n) is 7.39. The molecule has 0 bridgehead atoms. The van der Waals surface area contributed by atoms with Gasteiger partial charge in [-0.3, -0.25) is 10.1 Å². The van der Waals surface area contributed by atoms with Crippen molar-refractivity contribution in [1.29, 1.82) is 5.26 Å². The summed E-state index contributed by atoms with van der Waals surface area (Å²) in [6.07, 6.45) is 0. The Kier molecular flexibility index (Phi) is 6.36. The monoisotopic (exact) mass is 376 g/mol. The fourth-order valence-electron chi connectivity index (χ4n) is 2.00. The lowest BCUT2D eigenvalue weighted by molar-refractivity contribution is -0.385. The summed E-state index contributed by atoms with van der Waals surface area (Å²) >= 11 is 6.04. The van der Waals surface area contributed by atoms with Gasteiger partial charge in [0.05, 0.1) is 28.2 Å². The Morgan fingerprint density at radius 2 is 2.00 bits per heavy atom. The molecule has 26 heavy (non-hydrogen) atoms. The van der Waals surface area contributed by atoms with E-state index in [0.29, 0.717) is 0 Å². The van der Waals surface area contributed by atoms with Gasteiger partial charge in [-0.25, -0.2) is 4.79 Å². The van der Waals surface area contributed by atoms with Gasteiger partial charge in [0.2, 0.25) is 0 Å². The van der Waals surface area contributed by atoms with Crippen molar-refractivity contribution in [3.63, 3.8) is 0 Å². The average Bonchev–Trinajstić information content (AvgIpc) is 2.62. The second-order valence-electron chi connectivity index (χ2n) is 4.82. The SMILES string of the molecule is CCOc1cc(C#N)cc(Cl)c1OC(=O)COc1ccccc1[N+](=O)[O-]. The fourth-order valence-corrected chi connectivity index (χ4v) is 2.25. The molecule has 9 heteroatoms. The van der Waals surface area contributed by atoms with Crippen molar-refractivity contribution >= 4 is 23.3 Å². The largest absolute Gasteiger partial charge is 0.490 e. The number of para-hydroxylation sites is 2. The van der Waals surface area contributed by atoms with Crippen LogP contribution in [0.25, 0.3) is 0 Å². The zero-order valence-electron chi connectivity index (χ0n) is 13.6. The summed E-state index contributed by atoms with van der Waals surface area (Å²) < 4.78 is 15.6. The maximum absolute atomic E-state index is 12.0.